The highest BCUT2D eigenvalue weighted by atomic mass is 16.5. The maximum Gasteiger partial charge on any atom is 0.106 e. The molecule has 2 rings (SSSR count). The summed E-state index contributed by atoms with van der Waals surface area (Å²) in [6, 6.07) is 7.57. The third-order valence-electron chi connectivity index (χ3n) is 2.97. The lowest BCUT2D eigenvalue weighted by atomic mass is 10.1. The van der Waals surface area contributed by atoms with Crippen LogP contribution in [-0.4, -0.2) is 17.1 Å². The molecule has 0 bridgehead atoms. The molecule has 0 atom stereocenters. The van der Waals surface area contributed by atoms with Crippen molar-refractivity contribution in [3.63, 3.8) is 0 Å². The second-order valence-corrected chi connectivity index (χ2v) is 4.63. The summed E-state index contributed by atoms with van der Waals surface area (Å²) in [4.78, 5) is 8.81. The standard InChI is InChI=1S/C14H17N3O/c1-14(2,18-3)13-9-16-8-12(17-13)10-4-6-11(15)7-5-10/h4-9H,15H2,1-3H3. The summed E-state index contributed by atoms with van der Waals surface area (Å²) in [5, 5.41) is 0. The van der Waals surface area contributed by atoms with Gasteiger partial charge in [0.2, 0.25) is 0 Å². The van der Waals surface area contributed by atoms with Crippen LogP contribution in [0.25, 0.3) is 11.3 Å². The molecule has 1 heterocycles. The van der Waals surface area contributed by atoms with E-state index in [1.807, 2.05) is 38.1 Å². The summed E-state index contributed by atoms with van der Waals surface area (Å²) in [6.07, 6.45) is 3.46. The van der Waals surface area contributed by atoms with Gasteiger partial charge in [0.1, 0.15) is 5.60 Å². The molecule has 4 heteroatoms. The molecule has 0 spiro atoms. The van der Waals surface area contributed by atoms with Crippen LogP contribution >= 0.6 is 0 Å². The van der Waals surface area contributed by atoms with Crippen molar-refractivity contribution in [3.05, 3.63) is 42.4 Å². The molecule has 1 aromatic heterocycles. The Hall–Kier alpha value is -1.94. The third-order valence-corrected chi connectivity index (χ3v) is 2.97. The first-order chi connectivity index (χ1) is 8.53. The summed E-state index contributed by atoms with van der Waals surface area (Å²) in [5.41, 5.74) is 8.57. The molecular weight excluding hydrogens is 226 g/mol. The highest BCUT2D eigenvalue weighted by Gasteiger charge is 2.22. The van der Waals surface area contributed by atoms with Gasteiger partial charge in [-0.1, -0.05) is 12.1 Å². The monoisotopic (exact) mass is 243 g/mol. The lowest BCUT2D eigenvalue weighted by Gasteiger charge is -2.22. The molecule has 0 saturated carbocycles. The number of rotatable bonds is 3. The largest absolute Gasteiger partial charge is 0.399 e. The number of nitrogen functional groups attached to an aromatic ring is 1. The van der Waals surface area contributed by atoms with E-state index in [0.717, 1.165) is 22.6 Å². The summed E-state index contributed by atoms with van der Waals surface area (Å²) in [5.74, 6) is 0. The predicted octanol–water partition coefficient (Wildman–Crippen LogP) is 2.61. The van der Waals surface area contributed by atoms with Crippen molar-refractivity contribution in [1.29, 1.82) is 0 Å². The van der Waals surface area contributed by atoms with Crippen LogP contribution in [0.5, 0.6) is 0 Å². The van der Waals surface area contributed by atoms with Crippen LogP contribution in [0, 0.1) is 0 Å². The fraction of sp³-hybridized carbons (Fsp3) is 0.286. The SMILES string of the molecule is COC(C)(C)c1cncc(-c2ccc(N)cc2)n1. The topological polar surface area (TPSA) is 61.0 Å². The van der Waals surface area contributed by atoms with Gasteiger partial charge in [-0.3, -0.25) is 4.98 Å². The molecule has 4 nitrogen and oxygen atoms in total. The summed E-state index contributed by atoms with van der Waals surface area (Å²) in [6.45, 7) is 3.92. The number of nitrogens with zero attached hydrogens (tertiary/aromatic N) is 2. The number of ether oxygens (including phenoxy) is 1. The molecule has 94 valence electrons. The van der Waals surface area contributed by atoms with Crippen molar-refractivity contribution in [2.75, 3.05) is 12.8 Å². The maximum absolute atomic E-state index is 5.67. The van der Waals surface area contributed by atoms with Gasteiger partial charge in [0, 0.05) is 18.4 Å². The molecule has 0 saturated heterocycles. The zero-order valence-electron chi connectivity index (χ0n) is 10.8. The van der Waals surface area contributed by atoms with E-state index in [1.54, 1.807) is 19.5 Å². The van der Waals surface area contributed by atoms with Gasteiger partial charge in [0.05, 0.1) is 23.8 Å². The lowest BCUT2D eigenvalue weighted by Crippen LogP contribution is -2.21. The molecule has 0 amide bonds. The smallest absolute Gasteiger partial charge is 0.106 e. The molecule has 2 aromatic rings. The second-order valence-electron chi connectivity index (χ2n) is 4.63. The van der Waals surface area contributed by atoms with Crippen molar-refractivity contribution in [2.24, 2.45) is 0 Å². The molecular formula is C14H17N3O. The number of methoxy groups -OCH3 is 1. The lowest BCUT2D eigenvalue weighted by molar-refractivity contribution is 0.0153. The average Bonchev–Trinajstić information content (AvgIpc) is 2.40. The van der Waals surface area contributed by atoms with Gasteiger partial charge in [0.25, 0.3) is 0 Å². The van der Waals surface area contributed by atoms with Crippen molar-refractivity contribution in [3.8, 4) is 11.3 Å². The Bertz CT molecular complexity index is 535. The predicted molar refractivity (Wildman–Crippen MR) is 71.9 cm³/mol. The fourth-order valence-corrected chi connectivity index (χ4v) is 1.55. The van der Waals surface area contributed by atoms with E-state index in [2.05, 4.69) is 9.97 Å². The minimum absolute atomic E-state index is 0.448. The van der Waals surface area contributed by atoms with Crippen molar-refractivity contribution < 1.29 is 4.74 Å². The number of aromatic nitrogens is 2. The Labute approximate surface area is 107 Å². The van der Waals surface area contributed by atoms with Crippen LogP contribution in [-0.2, 0) is 10.3 Å². The van der Waals surface area contributed by atoms with E-state index in [9.17, 15) is 0 Å². The first kappa shape index (κ1) is 12.5. The summed E-state index contributed by atoms with van der Waals surface area (Å²) >= 11 is 0. The zero-order valence-corrected chi connectivity index (χ0v) is 10.8. The Morgan fingerprint density at radius 3 is 2.39 bits per heavy atom. The highest BCUT2D eigenvalue weighted by molar-refractivity contribution is 5.61. The fourth-order valence-electron chi connectivity index (χ4n) is 1.55. The quantitative estimate of drug-likeness (QED) is 0.842. The Morgan fingerprint density at radius 1 is 1.11 bits per heavy atom. The van der Waals surface area contributed by atoms with Gasteiger partial charge in [-0.25, -0.2) is 4.98 Å². The van der Waals surface area contributed by atoms with Crippen molar-refractivity contribution >= 4 is 5.69 Å². The number of anilines is 1. The summed E-state index contributed by atoms with van der Waals surface area (Å²) in [7, 11) is 1.66. The normalized spacial score (nSPS) is 11.5. The maximum atomic E-state index is 5.67. The first-order valence-electron chi connectivity index (χ1n) is 5.76. The van der Waals surface area contributed by atoms with Gasteiger partial charge < -0.3 is 10.5 Å². The Morgan fingerprint density at radius 2 is 1.78 bits per heavy atom. The van der Waals surface area contributed by atoms with Crippen LogP contribution in [0.1, 0.15) is 19.5 Å². The van der Waals surface area contributed by atoms with Gasteiger partial charge in [-0.05, 0) is 26.0 Å². The van der Waals surface area contributed by atoms with E-state index in [0.29, 0.717) is 0 Å². The van der Waals surface area contributed by atoms with Crippen LogP contribution in [0.4, 0.5) is 5.69 Å². The van der Waals surface area contributed by atoms with Gasteiger partial charge in [0.15, 0.2) is 0 Å². The second kappa shape index (κ2) is 4.74. The van der Waals surface area contributed by atoms with E-state index >= 15 is 0 Å². The molecule has 0 aliphatic rings. The van der Waals surface area contributed by atoms with Gasteiger partial charge >= 0.3 is 0 Å². The number of hydrogen-bond acceptors (Lipinski definition) is 4. The Kier molecular flexibility index (Phi) is 3.30. The van der Waals surface area contributed by atoms with Crippen LogP contribution < -0.4 is 5.73 Å². The van der Waals surface area contributed by atoms with Crippen LogP contribution in [0.3, 0.4) is 0 Å². The van der Waals surface area contributed by atoms with Gasteiger partial charge in [-0.15, -0.1) is 0 Å². The minimum Gasteiger partial charge on any atom is -0.399 e. The van der Waals surface area contributed by atoms with E-state index in [-0.39, 0.29) is 0 Å². The van der Waals surface area contributed by atoms with Crippen LogP contribution in [0.2, 0.25) is 0 Å². The van der Waals surface area contributed by atoms with E-state index in [4.69, 9.17) is 10.5 Å². The zero-order chi connectivity index (χ0) is 13.2. The van der Waals surface area contributed by atoms with Crippen molar-refractivity contribution in [1.82, 2.24) is 9.97 Å². The number of hydrogen-bond donors (Lipinski definition) is 1. The van der Waals surface area contributed by atoms with Crippen molar-refractivity contribution in [2.45, 2.75) is 19.4 Å². The van der Waals surface area contributed by atoms with Crippen LogP contribution in [0.15, 0.2) is 36.7 Å². The molecule has 2 N–H and O–H groups in total. The first-order valence-corrected chi connectivity index (χ1v) is 5.76. The molecule has 1 aromatic carbocycles. The minimum atomic E-state index is -0.448. The number of nitrogens with two attached hydrogens (primary N) is 1. The molecule has 0 fully saturated rings. The number of benzene rings is 1. The van der Waals surface area contributed by atoms with Gasteiger partial charge in [-0.2, -0.15) is 0 Å². The molecule has 18 heavy (non-hydrogen) atoms. The molecule has 0 unspecified atom stereocenters. The molecule has 0 aliphatic heterocycles. The van der Waals surface area contributed by atoms with E-state index in [1.165, 1.54) is 0 Å². The molecule has 0 aliphatic carbocycles. The Balaban J connectivity index is 2.41. The third kappa shape index (κ3) is 2.49. The average molecular weight is 243 g/mol. The molecule has 0 radical (unpaired) electrons. The highest BCUT2D eigenvalue weighted by Crippen LogP contribution is 2.24. The van der Waals surface area contributed by atoms with E-state index < -0.39 is 5.60 Å². The summed E-state index contributed by atoms with van der Waals surface area (Å²) < 4.78 is 5.41.